The number of hydrogen-bond donors (Lipinski definition) is 1. The highest BCUT2D eigenvalue weighted by atomic mass is 32.2. The predicted molar refractivity (Wildman–Crippen MR) is 89.9 cm³/mol. The maximum Gasteiger partial charge on any atom is 0.233 e. The minimum Gasteiger partial charge on any atom is -0.351 e. The molecule has 1 atom stereocenters. The topological polar surface area (TPSA) is 54.9 Å². The van der Waals surface area contributed by atoms with Crippen LogP contribution in [0.3, 0.4) is 0 Å². The summed E-state index contributed by atoms with van der Waals surface area (Å²) in [7, 11) is 0. The Labute approximate surface area is 137 Å². The molecule has 1 aromatic heterocycles. The van der Waals surface area contributed by atoms with E-state index in [1.165, 1.54) is 11.8 Å². The molecule has 1 unspecified atom stereocenters. The Bertz CT molecular complexity index is 574. The molecule has 0 saturated carbocycles. The van der Waals surface area contributed by atoms with Crippen LogP contribution in [-0.4, -0.2) is 27.1 Å². The highest BCUT2D eigenvalue weighted by Crippen LogP contribution is 2.30. The van der Waals surface area contributed by atoms with Crippen LogP contribution in [0.2, 0.25) is 0 Å². The standard InChI is InChI=1S/C14H17N3OS3/c1-3-19-13-16-17-14(21-13)20-10(2)12(18)15-9-11-7-5-4-6-8-11/h4-8,10H,3,9H2,1-2H3,(H,15,18). The third kappa shape index (κ3) is 5.33. The summed E-state index contributed by atoms with van der Waals surface area (Å²) in [5, 5.41) is 11.0. The lowest BCUT2D eigenvalue weighted by Gasteiger charge is -2.10. The van der Waals surface area contributed by atoms with Gasteiger partial charge in [0.2, 0.25) is 5.91 Å². The van der Waals surface area contributed by atoms with Gasteiger partial charge in [-0.05, 0) is 18.2 Å². The summed E-state index contributed by atoms with van der Waals surface area (Å²) in [5.41, 5.74) is 1.10. The molecule has 0 spiro atoms. The summed E-state index contributed by atoms with van der Waals surface area (Å²) < 4.78 is 1.80. The number of carbonyl (C=O) groups is 1. The van der Waals surface area contributed by atoms with Crippen molar-refractivity contribution < 1.29 is 4.79 Å². The molecular weight excluding hydrogens is 322 g/mol. The molecule has 0 radical (unpaired) electrons. The molecule has 0 aliphatic heterocycles. The zero-order valence-electron chi connectivity index (χ0n) is 11.9. The van der Waals surface area contributed by atoms with E-state index in [1.807, 2.05) is 37.3 Å². The van der Waals surface area contributed by atoms with Crippen molar-refractivity contribution in [2.75, 3.05) is 5.75 Å². The monoisotopic (exact) mass is 339 g/mol. The van der Waals surface area contributed by atoms with E-state index in [1.54, 1.807) is 23.1 Å². The lowest BCUT2D eigenvalue weighted by atomic mass is 10.2. The number of hydrogen-bond acceptors (Lipinski definition) is 6. The van der Waals surface area contributed by atoms with Gasteiger partial charge in [-0.1, -0.05) is 72.1 Å². The van der Waals surface area contributed by atoms with Crippen molar-refractivity contribution in [3.63, 3.8) is 0 Å². The maximum absolute atomic E-state index is 12.1. The summed E-state index contributed by atoms with van der Waals surface area (Å²) >= 11 is 4.66. The van der Waals surface area contributed by atoms with Gasteiger partial charge < -0.3 is 5.32 Å². The molecule has 0 aliphatic rings. The summed E-state index contributed by atoms with van der Waals surface area (Å²) in [6.07, 6.45) is 0. The predicted octanol–water partition coefficient (Wildman–Crippen LogP) is 3.45. The van der Waals surface area contributed by atoms with E-state index in [2.05, 4.69) is 22.4 Å². The number of thioether (sulfide) groups is 2. The smallest absolute Gasteiger partial charge is 0.233 e. The molecular formula is C14H17N3OS3. The molecule has 7 heteroatoms. The zero-order chi connectivity index (χ0) is 15.1. The van der Waals surface area contributed by atoms with E-state index in [0.717, 1.165) is 20.0 Å². The first-order valence-electron chi connectivity index (χ1n) is 6.63. The van der Waals surface area contributed by atoms with Crippen molar-refractivity contribution in [3.05, 3.63) is 35.9 Å². The SMILES string of the molecule is CCSc1nnc(SC(C)C(=O)NCc2ccccc2)s1. The Morgan fingerprint density at radius 1 is 1.29 bits per heavy atom. The van der Waals surface area contributed by atoms with E-state index in [-0.39, 0.29) is 11.2 Å². The van der Waals surface area contributed by atoms with Crippen LogP contribution in [0, 0.1) is 0 Å². The highest BCUT2D eigenvalue weighted by molar-refractivity contribution is 8.03. The first-order valence-corrected chi connectivity index (χ1v) is 9.31. The van der Waals surface area contributed by atoms with E-state index in [0.29, 0.717) is 6.54 Å². The molecule has 1 aromatic carbocycles. The van der Waals surface area contributed by atoms with Gasteiger partial charge in [-0.25, -0.2) is 0 Å². The van der Waals surface area contributed by atoms with Gasteiger partial charge in [-0.3, -0.25) is 4.79 Å². The fourth-order valence-electron chi connectivity index (χ4n) is 1.56. The third-order valence-corrected chi connectivity index (χ3v) is 5.74. The van der Waals surface area contributed by atoms with Gasteiger partial charge in [0, 0.05) is 6.54 Å². The molecule has 112 valence electrons. The molecule has 4 nitrogen and oxygen atoms in total. The van der Waals surface area contributed by atoms with Gasteiger partial charge in [0.25, 0.3) is 0 Å². The van der Waals surface area contributed by atoms with Crippen molar-refractivity contribution in [3.8, 4) is 0 Å². The molecule has 0 bridgehead atoms. The molecule has 1 heterocycles. The number of aromatic nitrogens is 2. The first-order chi connectivity index (χ1) is 10.2. The van der Waals surface area contributed by atoms with Crippen molar-refractivity contribution in [1.29, 1.82) is 0 Å². The van der Waals surface area contributed by atoms with Crippen LogP contribution >= 0.6 is 34.9 Å². The molecule has 1 amide bonds. The van der Waals surface area contributed by atoms with Crippen LogP contribution in [0.25, 0.3) is 0 Å². The number of carbonyl (C=O) groups excluding carboxylic acids is 1. The Kier molecular flexibility index (Phi) is 6.53. The highest BCUT2D eigenvalue weighted by Gasteiger charge is 2.16. The number of amides is 1. The van der Waals surface area contributed by atoms with Crippen molar-refractivity contribution in [2.45, 2.75) is 34.3 Å². The number of benzene rings is 1. The van der Waals surface area contributed by atoms with Crippen LogP contribution in [0.5, 0.6) is 0 Å². The number of nitrogens with one attached hydrogen (secondary N) is 1. The van der Waals surface area contributed by atoms with Crippen molar-refractivity contribution >= 4 is 40.8 Å². The molecule has 0 fully saturated rings. The molecule has 0 saturated heterocycles. The average molecular weight is 340 g/mol. The van der Waals surface area contributed by atoms with Gasteiger partial charge in [-0.2, -0.15) is 0 Å². The fraction of sp³-hybridized carbons (Fsp3) is 0.357. The summed E-state index contributed by atoms with van der Waals surface area (Å²) in [5.74, 6) is 0.996. The maximum atomic E-state index is 12.1. The van der Waals surface area contributed by atoms with Gasteiger partial charge >= 0.3 is 0 Å². The number of rotatable bonds is 7. The second kappa shape index (κ2) is 8.41. The van der Waals surface area contributed by atoms with Crippen molar-refractivity contribution in [1.82, 2.24) is 15.5 Å². The fourth-order valence-corrected chi connectivity index (χ4v) is 4.65. The minimum absolute atomic E-state index is 0.0174. The third-order valence-electron chi connectivity index (χ3n) is 2.61. The second-order valence-electron chi connectivity index (χ2n) is 4.23. The lowest BCUT2D eigenvalue weighted by molar-refractivity contribution is -0.120. The Morgan fingerprint density at radius 2 is 2.00 bits per heavy atom. The van der Waals surface area contributed by atoms with Crippen LogP contribution in [0.1, 0.15) is 19.4 Å². The summed E-state index contributed by atoms with van der Waals surface area (Å²) in [6.45, 7) is 4.52. The average Bonchev–Trinajstić information content (AvgIpc) is 2.93. The Morgan fingerprint density at radius 3 is 2.71 bits per heavy atom. The van der Waals surface area contributed by atoms with Gasteiger partial charge in [0.1, 0.15) is 0 Å². The van der Waals surface area contributed by atoms with E-state index >= 15 is 0 Å². The zero-order valence-corrected chi connectivity index (χ0v) is 14.4. The van der Waals surface area contributed by atoms with E-state index in [9.17, 15) is 4.79 Å². The quantitative estimate of drug-likeness (QED) is 0.783. The lowest BCUT2D eigenvalue weighted by Crippen LogP contribution is -2.30. The van der Waals surface area contributed by atoms with E-state index in [4.69, 9.17) is 0 Å². The first kappa shape index (κ1) is 16.3. The summed E-state index contributed by atoms with van der Waals surface area (Å²) in [4.78, 5) is 12.1. The summed E-state index contributed by atoms with van der Waals surface area (Å²) in [6, 6.07) is 9.89. The van der Waals surface area contributed by atoms with Crippen molar-refractivity contribution in [2.24, 2.45) is 0 Å². The minimum atomic E-state index is -0.180. The van der Waals surface area contributed by atoms with Gasteiger partial charge in [0.15, 0.2) is 8.68 Å². The Balaban J connectivity index is 1.81. The molecule has 0 aliphatic carbocycles. The van der Waals surface area contributed by atoms with Crippen LogP contribution in [-0.2, 0) is 11.3 Å². The van der Waals surface area contributed by atoms with Crippen LogP contribution < -0.4 is 5.32 Å². The van der Waals surface area contributed by atoms with Gasteiger partial charge in [-0.15, -0.1) is 10.2 Å². The largest absolute Gasteiger partial charge is 0.351 e. The van der Waals surface area contributed by atoms with Crippen LogP contribution in [0.4, 0.5) is 0 Å². The normalized spacial score (nSPS) is 12.1. The Hall–Kier alpha value is -1.05. The second-order valence-corrected chi connectivity index (χ2v) is 8.31. The van der Waals surface area contributed by atoms with Gasteiger partial charge in [0.05, 0.1) is 5.25 Å². The molecule has 21 heavy (non-hydrogen) atoms. The molecule has 2 rings (SSSR count). The van der Waals surface area contributed by atoms with Crippen LogP contribution in [0.15, 0.2) is 39.0 Å². The molecule has 2 aromatic rings. The molecule has 1 N–H and O–H groups in total. The van der Waals surface area contributed by atoms with E-state index < -0.39 is 0 Å². The number of nitrogens with zero attached hydrogens (tertiary/aromatic N) is 2.